The topological polar surface area (TPSA) is 95.0 Å². The van der Waals surface area contributed by atoms with Crippen LogP contribution in [0.1, 0.15) is 12.1 Å². The Bertz CT molecular complexity index is 1240. The fourth-order valence-electron chi connectivity index (χ4n) is 3.67. The van der Waals surface area contributed by atoms with Crippen LogP contribution in [-0.2, 0) is 18.4 Å². The molecule has 4 rings (SSSR count). The van der Waals surface area contributed by atoms with Crippen LogP contribution in [-0.4, -0.2) is 74.9 Å². The zero-order valence-corrected chi connectivity index (χ0v) is 18.6. The van der Waals surface area contributed by atoms with Crippen molar-refractivity contribution in [1.29, 1.82) is 0 Å². The monoisotopic (exact) mass is 420 g/mol. The van der Waals surface area contributed by atoms with Crippen LogP contribution < -0.4 is 5.32 Å². The number of amides is 1. The smallest absolute Gasteiger partial charge is 0.223 e. The SMILES string of the molecule is CNc1nc2[nH]c(-c3cccc(CN(C)C(=O)CCN(C)C)n3)cc2c2c1ncn2C. The summed E-state index contributed by atoms with van der Waals surface area (Å²) in [7, 11) is 9.56. The van der Waals surface area contributed by atoms with Gasteiger partial charge in [-0.3, -0.25) is 4.79 Å². The van der Waals surface area contributed by atoms with Crippen LogP contribution in [0.2, 0.25) is 0 Å². The van der Waals surface area contributed by atoms with Crippen LogP contribution in [0.3, 0.4) is 0 Å². The molecule has 0 atom stereocenters. The van der Waals surface area contributed by atoms with Crippen molar-refractivity contribution in [1.82, 2.24) is 34.3 Å². The molecule has 0 aromatic carbocycles. The van der Waals surface area contributed by atoms with E-state index in [1.807, 2.05) is 62.9 Å². The van der Waals surface area contributed by atoms with Crippen LogP contribution >= 0.6 is 0 Å². The molecule has 162 valence electrons. The number of hydrogen-bond acceptors (Lipinski definition) is 6. The second-order valence-corrected chi connectivity index (χ2v) is 8.03. The molecule has 0 bridgehead atoms. The minimum Gasteiger partial charge on any atom is -0.371 e. The quantitative estimate of drug-likeness (QED) is 0.477. The highest BCUT2D eigenvalue weighted by molar-refractivity contribution is 6.07. The number of aromatic nitrogens is 5. The van der Waals surface area contributed by atoms with E-state index in [0.717, 1.165) is 51.5 Å². The summed E-state index contributed by atoms with van der Waals surface area (Å²) >= 11 is 0. The number of fused-ring (bicyclic) bond motifs is 3. The summed E-state index contributed by atoms with van der Waals surface area (Å²) in [5.74, 6) is 0.838. The molecule has 0 fully saturated rings. The lowest BCUT2D eigenvalue weighted by atomic mass is 10.2. The van der Waals surface area contributed by atoms with E-state index < -0.39 is 0 Å². The van der Waals surface area contributed by atoms with Gasteiger partial charge in [0.05, 0.1) is 35.5 Å². The maximum Gasteiger partial charge on any atom is 0.223 e. The molecule has 0 unspecified atom stereocenters. The first kappa shape index (κ1) is 20.8. The van der Waals surface area contributed by atoms with Gasteiger partial charge in [-0.2, -0.15) is 0 Å². The van der Waals surface area contributed by atoms with Gasteiger partial charge in [0, 0.05) is 39.5 Å². The van der Waals surface area contributed by atoms with E-state index >= 15 is 0 Å². The van der Waals surface area contributed by atoms with Crippen LogP contribution in [0.25, 0.3) is 33.5 Å². The Balaban J connectivity index is 1.64. The molecule has 0 aliphatic heterocycles. The number of nitrogens with zero attached hydrogens (tertiary/aromatic N) is 6. The fourth-order valence-corrected chi connectivity index (χ4v) is 3.67. The maximum atomic E-state index is 12.4. The number of aromatic amines is 1. The second-order valence-electron chi connectivity index (χ2n) is 8.03. The lowest BCUT2D eigenvalue weighted by Crippen LogP contribution is -2.29. The molecule has 0 aliphatic rings. The second kappa shape index (κ2) is 8.35. The number of pyridine rings is 2. The molecular formula is C22H28N8O. The molecule has 0 saturated carbocycles. The fraction of sp³-hybridized carbons (Fsp3) is 0.364. The molecule has 9 heteroatoms. The molecule has 4 aromatic heterocycles. The Morgan fingerprint density at radius 2 is 2.03 bits per heavy atom. The van der Waals surface area contributed by atoms with Crippen molar-refractivity contribution in [2.24, 2.45) is 7.05 Å². The first-order valence-corrected chi connectivity index (χ1v) is 10.2. The molecule has 0 aliphatic carbocycles. The van der Waals surface area contributed by atoms with Gasteiger partial charge in [-0.25, -0.2) is 15.0 Å². The highest BCUT2D eigenvalue weighted by Gasteiger charge is 2.16. The number of rotatable bonds is 7. The maximum absolute atomic E-state index is 12.4. The number of H-pyrrole nitrogens is 1. The largest absolute Gasteiger partial charge is 0.371 e. The van der Waals surface area contributed by atoms with Crippen molar-refractivity contribution in [3.05, 3.63) is 36.3 Å². The minimum absolute atomic E-state index is 0.105. The van der Waals surface area contributed by atoms with Crippen LogP contribution in [0.4, 0.5) is 5.82 Å². The molecule has 9 nitrogen and oxygen atoms in total. The lowest BCUT2D eigenvalue weighted by Gasteiger charge is -2.18. The Labute approximate surface area is 181 Å². The van der Waals surface area contributed by atoms with E-state index in [0.29, 0.717) is 13.0 Å². The van der Waals surface area contributed by atoms with E-state index in [2.05, 4.69) is 26.3 Å². The first-order valence-electron chi connectivity index (χ1n) is 10.2. The van der Waals surface area contributed by atoms with Gasteiger partial charge in [-0.15, -0.1) is 0 Å². The third-order valence-corrected chi connectivity index (χ3v) is 5.35. The third kappa shape index (κ3) is 4.09. The van der Waals surface area contributed by atoms with Crippen molar-refractivity contribution >= 4 is 33.8 Å². The summed E-state index contributed by atoms with van der Waals surface area (Å²) in [6.07, 6.45) is 2.28. The van der Waals surface area contributed by atoms with E-state index in [-0.39, 0.29) is 5.91 Å². The molecule has 4 heterocycles. The highest BCUT2D eigenvalue weighted by Crippen LogP contribution is 2.31. The average molecular weight is 421 g/mol. The van der Waals surface area contributed by atoms with E-state index in [1.165, 1.54) is 0 Å². The summed E-state index contributed by atoms with van der Waals surface area (Å²) in [6.45, 7) is 1.20. The van der Waals surface area contributed by atoms with Gasteiger partial charge in [-0.1, -0.05) is 6.07 Å². The molecule has 0 saturated heterocycles. The average Bonchev–Trinajstić information content (AvgIpc) is 3.35. The molecule has 2 N–H and O–H groups in total. The van der Waals surface area contributed by atoms with E-state index in [4.69, 9.17) is 4.98 Å². The molecular weight excluding hydrogens is 392 g/mol. The molecule has 0 spiro atoms. The Morgan fingerprint density at radius 3 is 2.77 bits per heavy atom. The number of anilines is 1. The van der Waals surface area contributed by atoms with Crippen molar-refractivity contribution < 1.29 is 4.79 Å². The summed E-state index contributed by atoms with van der Waals surface area (Å²) in [5, 5.41) is 4.11. The molecule has 31 heavy (non-hydrogen) atoms. The summed E-state index contributed by atoms with van der Waals surface area (Å²) < 4.78 is 2.00. The van der Waals surface area contributed by atoms with Crippen LogP contribution in [0, 0.1) is 0 Å². The van der Waals surface area contributed by atoms with Gasteiger partial charge in [0.1, 0.15) is 11.2 Å². The Kier molecular flexibility index (Phi) is 5.60. The summed E-state index contributed by atoms with van der Waals surface area (Å²) in [5.41, 5.74) is 5.15. The minimum atomic E-state index is 0.105. The van der Waals surface area contributed by atoms with E-state index in [1.54, 1.807) is 11.2 Å². The van der Waals surface area contributed by atoms with Crippen LogP contribution in [0.15, 0.2) is 30.6 Å². The molecule has 1 amide bonds. The van der Waals surface area contributed by atoms with Crippen LogP contribution in [0.5, 0.6) is 0 Å². The predicted molar refractivity (Wildman–Crippen MR) is 123 cm³/mol. The summed E-state index contributed by atoms with van der Waals surface area (Å²) in [4.78, 5) is 33.4. The van der Waals surface area contributed by atoms with Crippen molar-refractivity contribution in [2.75, 3.05) is 40.1 Å². The first-order chi connectivity index (χ1) is 14.9. The number of nitrogens with one attached hydrogen (secondary N) is 2. The van der Waals surface area contributed by atoms with Crippen molar-refractivity contribution in [3.8, 4) is 11.4 Å². The number of hydrogen-bond donors (Lipinski definition) is 2. The molecule has 0 radical (unpaired) electrons. The summed E-state index contributed by atoms with van der Waals surface area (Å²) in [6, 6.07) is 7.93. The van der Waals surface area contributed by atoms with Gasteiger partial charge >= 0.3 is 0 Å². The van der Waals surface area contributed by atoms with Crippen molar-refractivity contribution in [3.63, 3.8) is 0 Å². The van der Waals surface area contributed by atoms with Gasteiger partial charge in [-0.05, 0) is 32.3 Å². The van der Waals surface area contributed by atoms with Crippen molar-refractivity contribution in [2.45, 2.75) is 13.0 Å². The van der Waals surface area contributed by atoms with Gasteiger partial charge in [0.2, 0.25) is 5.91 Å². The number of imidazole rings is 1. The normalized spacial score (nSPS) is 11.5. The Morgan fingerprint density at radius 1 is 1.23 bits per heavy atom. The highest BCUT2D eigenvalue weighted by atomic mass is 16.2. The zero-order chi connectivity index (χ0) is 22.1. The standard InChI is InChI=1S/C22H28N8O/c1-23-22-19-20(30(5)13-24-19)15-11-17(26-21(15)27-22)16-8-6-7-14(25-16)12-29(4)18(31)9-10-28(2)3/h6-8,11,13H,9-10,12H2,1-5H3,(H2,23,26,27). The van der Waals surface area contributed by atoms with E-state index in [9.17, 15) is 4.79 Å². The third-order valence-electron chi connectivity index (χ3n) is 5.35. The number of aryl methyl sites for hydroxylation is 1. The number of carbonyl (C=O) groups is 1. The lowest BCUT2D eigenvalue weighted by molar-refractivity contribution is -0.130. The molecule has 4 aromatic rings. The van der Waals surface area contributed by atoms with Gasteiger partial charge in [0.15, 0.2) is 5.82 Å². The van der Waals surface area contributed by atoms with Gasteiger partial charge in [0.25, 0.3) is 0 Å². The number of carbonyl (C=O) groups excluding carboxylic acids is 1. The predicted octanol–water partition coefficient (Wildman–Crippen LogP) is 2.46. The Hall–Kier alpha value is -3.46. The zero-order valence-electron chi connectivity index (χ0n) is 18.6. The van der Waals surface area contributed by atoms with Gasteiger partial charge < -0.3 is 24.7 Å².